The van der Waals surface area contributed by atoms with E-state index in [4.69, 9.17) is 11.6 Å². The summed E-state index contributed by atoms with van der Waals surface area (Å²) in [5.74, 6) is 0.976. The zero-order chi connectivity index (χ0) is 12.1. The van der Waals surface area contributed by atoms with Crippen LogP contribution in [0.1, 0.15) is 46.0 Å². The molecule has 0 saturated carbocycles. The summed E-state index contributed by atoms with van der Waals surface area (Å²) in [6, 6.07) is 0.742. The monoisotopic (exact) mass is 244 g/mol. The lowest BCUT2D eigenvalue weighted by Crippen LogP contribution is -2.29. The Balaban J connectivity index is 2.45. The summed E-state index contributed by atoms with van der Waals surface area (Å²) < 4.78 is 1.93. The lowest BCUT2D eigenvalue weighted by atomic mass is 10.2. The van der Waals surface area contributed by atoms with Crippen molar-refractivity contribution in [3.8, 4) is 0 Å². The standard InChI is InChI=1S/C11H21ClN4/c1-8(2)16-11(14-7-15-16)6-13-10(4)5-9(3)12/h7-10,13H,5-6H2,1-4H3. The van der Waals surface area contributed by atoms with Crippen LogP contribution in [0.15, 0.2) is 6.33 Å². The average Bonchev–Trinajstić information content (AvgIpc) is 2.61. The van der Waals surface area contributed by atoms with Gasteiger partial charge in [0.15, 0.2) is 0 Å². The number of hydrogen-bond acceptors (Lipinski definition) is 3. The summed E-state index contributed by atoms with van der Waals surface area (Å²) in [7, 11) is 0. The van der Waals surface area contributed by atoms with Gasteiger partial charge in [0.05, 0.1) is 6.54 Å². The topological polar surface area (TPSA) is 42.7 Å². The molecule has 1 heterocycles. The van der Waals surface area contributed by atoms with E-state index >= 15 is 0 Å². The van der Waals surface area contributed by atoms with Gasteiger partial charge < -0.3 is 5.32 Å². The number of hydrogen-bond donors (Lipinski definition) is 1. The molecular formula is C11H21ClN4. The van der Waals surface area contributed by atoms with Crippen LogP contribution in [0.5, 0.6) is 0 Å². The van der Waals surface area contributed by atoms with Crippen LogP contribution in [0.3, 0.4) is 0 Å². The molecule has 0 spiro atoms. The third-order valence-electron chi connectivity index (χ3n) is 2.42. The van der Waals surface area contributed by atoms with Crippen LogP contribution in [-0.2, 0) is 6.54 Å². The van der Waals surface area contributed by atoms with Crippen LogP contribution in [0.2, 0.25) is 0 Å². The fourth-order valence-electron chi connectivity index (χ4n) is 1.67. The van der Waals surface area contributed by atoms with Crippen LogP contribution in [0, 0.1) is 0 Å². The molecule has 0 aliphatic rings. The van der Waals surface area contributed by atoms with E-state index < -0.39 is 0 Å². The summed E-state index contributed by atoms with van der Waals surface area (Å²) >= 11 is 5.94. The van der Waals surface area contributed by atoms with Crippen molar-refractivity contribution in [2.75, 3.05) is 0 Å². The van der Waals surface area contributed by atoms with Crippen LogP contribution in [-0.4, -0.2) is 26.2 Å². The van der Waals surface area contributed by atoms with Gasteiger partial charge in [0.2, 0.25) is 0 Å². The molecular weight excluding hydrogens is 224 g/mol. The molecule has 0 aromatic carbocycles. The Kier molecular flexibility index (Phi) is 5.22. The van der Waals surface area contributed by atoms with Crippen molar-refractivity contribution in [1.29, 1.82) is 0 Å². The largest absolute Gasteiger partial charge is 0.307 e. The lowest BCUT2D eigenvalue weighted by Gasteiger charge is -2.15. The van der Waals surface area contributed by atoms with Gasteiger partial charge in [-0.2, -0.15) is 5.10 Å². The quantitative estimate of drug-likeness (QED) is 0.782. The van der Waals surface area contributed by atoms with Gasteiger partial charge >= 0.3 is 0 Å². The van der Waals surface area contributed by atoms with Gasteiger partial charge in [-0.1, -0.05) is 0 Å². The van der Waals surface area contributed by atoms with E-state index in [2.05, 4.69) is 36.2 Å². The van der Waals surface area contributed by atoms with Crippen molar-refractivity contribution in [3.63, 3.8) is 0 Å². The predicted octanol–water partition coefficient (Wildman–Crippen LogP) is 2.35. The highest BCUT2D eigenvalue weighted by molar-refractivity contribution is 6.20. The molecule has 0 amide bonds. The van der Waals surface area contributed by atoms with E-state index in [1.165, 1.54) is 0 Å². The van der Waals surface area contributed by atoms with Gasteiger partial charge in [0.25, 0.3) is 0 Å². The van der Waals surface area contributed by atoms with Crippen LogP contribution < -0.4 is 5.32 Å². The van der Waals surface area contributed by atoms with Gasteiger partial charge in [-0.05, 0) is 34.1 Å². The minimum absolute atomic E-state index is 0.200. The Labute approximate surface area is 102 Å². The molecule has 16 heavy (non-hydrogen) atoms. The maximum absolute atomic E-state index is 5.94. The fraction of sp³-hybridized carbons (Fsp3) is 0.818. The minimum atomic E-state index is 0.200. The number of nitrogens with zero attached hydrogens (tertiary/aromatic N) is 3. The molecule has 1 N–H and O–H groups in total. The third-order valence-corrected chi connectivity index (χ3v) is 2.60. The molecule has 2 atom stereocenters. The Bertz CT molecular complexity index is 309. The molecule has 0 saturated heterocycles. The highest BCUT2D eigenvalue weighted by Crippen LogP contribution is 2.07. The van der Waals surface area contributed by atoms with Gasteiger partial charge in [0.1, 0.15) is 12.2 Å². The molecule has 92 valence electrons. The van der Waals surface area contributed by atoms with E-state index in [1.807, 2.05) is 11.6 Å². The average molecular weight is 245 g/mol. The zero-order valence-corrected chi connectivity index (χ0v) is 11.2. The van der Waals surface area contributed by atoms with Gasteiger partial charge in [-0.3, -0.25) is 0 Å². The van der Waals surface area contributed by atoms with Crippen molar-refractivity contribution in [1.82, 2.24) is 20.1 Å². The van der Waals surface area contributed by atoms with Gasteiger partial charge in [-0.15, -0.1) is 11.6 Å². The Hall–Kier alpha value is -0.610. The first-order chi connectivity index (χ1) is 7.50. The molecule has 0 aliphatic carbocycles. The molecule has 1 aromatic rings. The van der Waals surface area contributed by atoms with Crippen molar-refractivity contribution in [2.24, 2.45) is 0 Å². The molecule has 2 unspecified atom stereocenters. The van der Waals surface area contributed by atoms with Gasteiger partial charge in [-0.25, -0.2) is 9.67 Å². The SMILES string of the molecule is CC(Cl)CC(C)NCc1ncnn1C(C)C. The molecule has 5 heteroatoms. The van der Waals surface area contributed by atoms with Crippen LogP contribution in [0.25, 0.3) is 0 Å². The summed E-state index contributed by atoms with van der Waals surface area (Å²) in [5.41, 5.74) is 0. The molecule has 0 radical (unpaired) electrons. The maximum Gasteiger partial charge on any atom is 0.141 e. The molecule has 0 fully saturated rings. The molecule has 1 rings (SSSR count). The second-order valence-corrected chi connectivity index (χ2v) is 5.26. The van der Waals surface area contributed by atoms with E-state index in [-0.39, 0.29) is 5.38 Å². The number of halogens is 1. The molecule has 1 aromatic heterocycles. The van der Waals surface area contributed by atoms with Crippen LogP contribution in [0.4, 0.5) is 0 Å². The fourth-order valence-corrected chi connectivity index (χ4v) is 1.94. The van der Waals surface area contributed by atoms with E-state index in [9.17, 15) is 0 Å². The predicted molar refractivity (Wildman–Crippen MR) is 66.6 cm³/mol. The summed E-state index contributed by atoms with van der Waals surface area (Å²) in [4.78, 5) is 4.24. The molecule has 0 aliphatic heterocycles. The molecule has 0 bridgehead atoms. The van der Waals surface area contributed by atoms with Crippen LogP contribution >= 0.6 is 11.6 Å². The number of aromatic nitrogens is 3. The second-order valence-electron chi connectivity index (χ2n) is 4.51. The van der Waals surface area contributed by atoms with Crippen molar-refractivity contribution >= 4 is 11.6 Å². The van der Waals surface area contributed by atoms with E-state index in [0.717, 1.165) is 18.8 Å². The first-order valence-corrected chi connectivity index (χ1v) is 6.20. The van der Waals surface area contributed by atoms with Crippen molar-refractivity contribution in [2.45, 2.75) is 58.1 Å². The zero-order valence-electron chi connectivity index (χ0n) is 10.4. The summed E-state index contributed by atoms with van der Waals surface area (Å²) in [6.45, 7) is 9.08. The van der Waals surface area contributed by atoms with Gasteiger partial charge in [0, 0.05) is 17.5 Å². The van der Waals surface area contributed by atoms with Crippen molar-refractivity contribution in [3.05, 3.63) is 12.2 Å². The minimum Gasteiger partial charge on any atom is -0.307 e. The van der Waals surface area contributed by atoms with E-state index in [1.54, 1.807) is 6.33 Å². The van der Waals surface area contributed by atoms with E-state index in [0.29, 0.717) is 12.1 Å². The molecule has 4 nitrogen and oxygen atoms in total. The Morgan fingerprint density at radius 2 is 2.06 bits per heavy atom. The smallest absolute Gasteiger partial charge is 0.141 e. The highest BCUT2D eigenvalue weighted by Gasteiger charge is 2.10. The Morgan fingerprint density at radius 1 is 1.38 bits per heavy atom. The first kappa shape index (κ1) is 13.5. The maximum atomic E-state index is 5.94. The Morgan fingerprint density at radius 3 is 2.62 bits per heavy atom. The number of alkyl halides is 1. The third kappa shape index (κ3) is 4.10. The highest BCUT2D eigenvalue weighted by atomic mass is 35.5. The van der Waals surface area contributed by atoms with Crippen molar-refractivity contribution < 1.29 is 0 Å². The summed E-state index contributed by atoms with van der Waals surface area (Å²) in [5, 5.41) is 7.80. The number of nitrogens with one attached hydrogen (secondary N) is 1. The lowest BCUT2D eigenvalue weighted by molar-refractivity contribution is 0.457. The normalized spacial score (nSPS) is 15.4. The first-order valence-electron chi connectivity index (χ1n) is 5.76. The number of rotatable bonds is 6. The second kappa shape index (κ2) is 6.21. The summed E-state index contributed by atoms with van der Waals surface area (Å²) in [6.07, 6.45) is 2.56.